The quantitative estimate of drug-likeness (QED) is 0.201. The summed E-state index contributed by atoms with van der Waals surface area (Å²) in [4.78, 5) is 23.0. The first-order chi connectivity index (χ1) is 15.8. The van der Waals surface area contributed by atoms with Gasteiger partial charge >= 0.3 is 0 Å². The number of nitro benzene ring substituents is 1. The molecule has 3 rings (SSSR count). The molecule has 0 aliphatic rings. The normalized spacial score (nSPS) is 10.9. The van der Waals surface area contributed by atoms with Crippen LogP contribution >= 0.6 is 11.6 Å². The Hall–Kier alpha value is -4.15. The molecule has 0 bridgehead atoms. The summed E-state index contributed by atoms with van der Waals surface area (Å²) in [5.74, 6) is -0.146. The van der Waals surface area contributed by atoms with E-state index in [1.165, 1.54) is 18.2 Å². The van der Waals surface area contributed by atoms with Crippen LogP contribution in [0.3, 0.4) is 0 Å². The summed E-state index contributed by atoms with van der Waals surface area (Å²) in [5.41, 5.74) is 3.68. The third-order valence-electron chi connectivity index (χ3n) is 5.00. The van der Waals surface area contributed by atoms with Crippen LogP contribution in [0.25, 0.3) is 6.08 Å². The van der Waals surface area contributed by atoms with Gasteiger partial charge in [-0.1, -0.05) is 41.9 Å². The van der Waals surface area contributed by atoms with Gasteiger partial charge < -0.3 is 10.1 Å². The van der Waals surface area contributed by atoms with Gasteiger partial charge in [0.1, 0.15) is 24.0 Å². The lowest BCUT2D eigenvalue weighted by atomic mass is 10.1. The van der Waals surface area contributed by atoms with Crippen molar-refractivity contribution in [2.45, 2.75) is 20.5 Å². The van der Waals surface area contributed by atoms with Gasteiger partial charge in [-0.3, -0.25) is 14.9 Å². The number of benzene rings is 3. The Morgan fingerprint density at radius 1 is 1.18 bits per heavy atom. The van der Waals surface area contributed by atoms with Crippen LogP contribution in [0.4, 0.5) is 11.4 Å². The van der Waals surface area contributed by atoms with Crippen molar-refractivity contribution in [3.8, 4) is 11.8 Å². The van der Waals surface area contributed by atoms with Crippen molar-refractivity contribution in [3.05, 3.63) is 104 Å². The van der Waals surface area contributed by atoms with Gasteiger partial charge in [0, 0.05) is 17.8 Å². The number of non-ortho nitro benzene ring substituents is 1. The first kappa shape index (κ1) is 23.5. The van der Waals surface area contributed by atoms with E-state index in [4.69, 9.17) is 16.3 Å². The number of carbonyl (C=O) groups is 1. The van der Waals surface area contributed by atoms with Crippen LogP contribution in [0.1, 0.15) is 22.3 Å². The Morgan fingerprint density at radius 3 is 2.64 bits per heavy atom. The smallest absolute Gasteiger partial charge is 0.269 e. The van der Waals surface area contributed by atoms with Gasteiger partial charge in [0.25, 0.3) is 11.6 Å². The highest BCUT2D eigenvalue weighted by Crippen LogP contribution is 2.28. The molecule has 0 aromatic heterocycles. The number of aryl methyl sites for hydroxylation is 1. The fourth-order valence-electron chi connectivity index (χ4n) is 3.04. The molecular weight excluding hydrogens is 442 g/mol. The molecule has 1 N–H and O–H groups in total. The molecule has 0 spiro atoms. The summed E-state index contributed by atoms with van der Waals surface area (Å²) in [6.07, 6.45) is 1.44. The van der Waals surface area contributed by atoms with Crippen LogP contribution in [0.5, 0.6) is 5.75 Å². The Morgan fingerprint density at radius 2 is 1.94 bits per heavy atom. The highest BCUT2D eigenvalue weighted by atomic mass is 35.5. The second-order valence-electron chi connectivity index (χ2n) is 7.28. The molecule has 0 aliphatic heterocycles. The van der Waals surface area contributed by atoms with Gasteiger partial charge in [0.15, 0.2) is 0 Å². The second-order valence-corrected chi connectivity index (χ2v) is 7.68. The van der Waals surface area contributed by atoms with Crippen molar-refractivity contribution in [1.29, 1.82) is 5.26 Å². The zero-order chi connectivity index (χ0) is 24.0. The molecule has 0 unspecified atom stereocenters. The number of amides is 1. The average Bonchev–Trinajstić information content (AvgIpc) is 2.80. The van der Waals surface area contributed by atoms with E-state index in [1.807, 2.05) is 32.0 Å². The minimum Gasteiger partial charge on any atom is -0.487 e. The van der Waals surface area contributed by atoms with E-state index in [2.05, 4.69) is 5.32 Å². The van der Waals surface area contributed by atoms with Crippen LogP contribution in [-0.4, -0.2) is 10.8 Å². The Labute approximate surface area is 196 Å². The average molecular weight is 462 g/mol. The zero-order valence-electron chi connectivity index (χ0n) is 18.0. The van der Waals surface area contributed by atoms with Gasteiger partial charge in [0.05, 0.1) is 9.95 Å². The molecule has 3 aromatic rings. The van der Waals surface area contributed by atoms with Crippen molar-refractivity contribution in [2.75, 3.05) is 5.32 Å². The second kappa shape index (κ2) is 10.4. The molecule has 0 atom stereocenters. The van der Waals surface area contributed by atoms with Crippen LogP contribution in [0.15, 0.2) is 66.2 Å². The number of rotatable bonds is 7. The molecule has 0 heterocycles. The number of hydrogen-bond acceptors (Lipinski definition) is 5. The fraction of sp³-hybridized carbons (Fsp3) is 0.120. The first-order valence-corrected chi connectivity index (χ1v) is 10.3. The highest BCUT2D eigenvalue weighted by molar-refractivity contribution is 6.32. The lowest BCUT2D eigenvalue weighted by Gasteiger charge is -2.10. The molecule has 33 heavy (non-hydrogen) atoms. The number of ether oxygens (including phenoxy) is 1. The lowest BCUT2D eigenvalue weighted by Crippen LogP contribution is -2.14. The molecule has 0 saturated carbocycles. The fourth-order valence-corrected chi connectivity index (χ4v) is 3.28. The van der Waals surface area contributed by atoms with Crippen LogP contribution in [0, 0.1) is 35.3 Å². The molecule has 0 radical (unpaired) electrons. The third-order valence-corrected chi connectivity index (χ3v) is 5.30. The third kappa shape index (κ3) is 5.97. The maximum Gasteiger partial charge on any atom is 0.269 e. The van der Waals surface area contributed by atoms with Crippen LogP contribution < -0.4 is 10.1 Å². The van der Waals surface area contributed by atoms with Gasteiger partial charge in [-0.15, -0.1) is 0 Å². The summed E-state index contributed by atoms with van der Waals surface area (Å²) in [7, 11) is 0. The van der Waals surface area contributed by atoms with Crippen molar-refractivity contribution < 1.29 is 14.5 Å². The summed E-state index contributed by atoms with van der Waals surface area (Å²) < 4.78 is 5.68. The molecule has 8 heteroatoms. The number of halogens is 1. The van der Waals surface area contributed by atoms with E-state index < -0.39 is 10.8 Å². The van der Waals surface area contributed by atoms with E-state index in [9.17, 15) is 20.2 Å². The number of nitriles is 1. The zero-order valence-corrected chi connectivity index (χ0v) is 18.7. The van der Waals surface area contributed by atoms with Crippen molar-refractivity contribution in [2.24, 2.45) is 0 Å². The van der Waals surface area contributed by atoms with E-state index in [0.29, 0.717) is 22.6 Å². The lowest BCUT2D eigenvalue weighted by molar-refractivity contribution is -0.384. The Bertz CT molecular complexity index is 1300. The Kier molecular flexibility index (Phi) is 7.44. The molecule has 166 valence electrons. The van der Waals surface area contributed by atoms with Gasteiger partial charge in [-0.2, -0.15) is 5.26 Å². The number of anilines is 1. The van der Waals surface area contributed by atoms with E-state index in [-0.39, 0.29) is 22.9 Å². The summed E-state index contributed by atoms with van der Waals surface area (Å²) in [5, 5.41) is 23.4. The van der Waals surface area contributed by atoms with Crippen molar-refractivity contribution in [1.82, 2.24) is 0 Å². The molecule has 0 fully saturated rings. The minimum absolute atomic E-state index is 0.0224. The highest BCUT2D eigenvalue weighted by Gasteiger charge is 2.13. The predicted molar refractivity (Wildman–Crippen MR) is 127 cm³/mol. The van der Waals surface area contributed by atoms with Gasteiger partial charge in [0.2, 0.25) is 0 Å². The predicted octanol–water partition coefficient (Wildman–Crippen LogP) is 5.99. The topological polar surface area (TPSA) is 105 Å². The van der Waals surface area contributed by atoms with Crippen molar-refractivity contribution >= 4 is 35.0 Å². The number of nitrogens with zero attached hydrogens (tertiary/aromatic N) is 2. The summed E-state index contributed by atoms with van der Waals surface area (Å²) in [6.45, 7) is 3.93. The van der Waals surface area contributed by atoms with Crippen molar-refractivity contribution in [3.63, 3.8) is 0 Å². The van der Waals surface area contributed by atoms with E-state index in [1.54, 1.807) is 36.4 Å². The Balaban J connectivity index is 1.73. The molecule has 0 aliphatic carbocycles. The monoisotopic (exact) mass is 461 g/mol. The maximum absolute atomic E-state index is 12.6. The van der Waals surface area contributed by atoms with E-state index in [0.717, 1.165) is 11.1 Å². The number of carbonyl (C=O) groups excluding carboxylic acids is 1. The molecule has 0 saturated heterocycles. The molecule has 3 aromatic carbocycles. The SMILES string of the molecule is Cc1cccc(NC(=O)/C(C#N)=C/c2ccc(OCc3cccc([N+](=O)[O-])c3)c(Cl)c2)c1C. The maximum atomic E-state index is 12.6. The molecule has 1 amide bonds. The number of nitro groups is 1. The minimum atomic E-state index is -0.520. The van der Waals surface area contributed by atoms with Gasteiger partial charge in [-0.25, -0.2) is 0 Å². The van der Waals surface area contributed by atoms with Crippen LogP contribution in [0.2, 0.25) is 5.02 Å². The number of hydrogen-bond donors (Lipinski definition) is 1. The summed E-state index contributed by atoms with van der Waals surface area (Å²) >= 11 is 6.31. The standard InChI is InChI=1S/C25H20ClN3O4/c1-16-5-3-8-23(17(16)2)28-25(30)20(14-27)11-18-9-10-24(22(26)13-18)33-15-19-6-4-7-21(12-19)29(31)32/h3-13H,15H2,1-2H3,(H,28,30)/b20-11+. The van der Waals surface area contributed by atoms with E-state index >= 15 is 0 Å². The largest absolute Gasteiger partial charge is 0.487 e. The van der Waals surface area contributed by atoms with Gasteiger partial charge in [-0.05, 0) is 60.4 Å². The molecule has 7 nitrogen and oxygen atoms in total. The number of nitrogens with one attached hydrogen (secondary N) is 1. The summed E-state index contributed by atoms with van der Waals surface area (Å²) in [6, 6.07) is 18.5. The molecular formula is C25H20ClN3O4. The van der Waals surface area contributed by atoms with Crippen LogP contribution in [-0.2, 0) is 11.4 Å². The first-order valence-electron chi connectivity index (χ1n) is 9.93.